The number of hydrogen-bond acceptors (Lipinski definition) is 8. The molecule has 2 aromatic rings. The second-order valence-corrected chi connectivity index (χ2v) is 12.7. The second kappa shape index (κ2) is 11.4. The van der Waals surface area contributed by atoms with Gasteiger partial charge in [-0.1, -0.05) is 36.4 Å². The quantitative estimate of drug-likeness (QED) is 0.201. The maximum absolute atomic E-state index is 14.5. The number of ether oxygens (including phenoxy) is 1. The lowest BCUT2D eigenvalue weighted by Crippen LogP contribution is -2.52. The number of Topliss-reactive ketones (excluding diaryl/α,β-unsaturated/α-hetero) is 1. The van der Waals surface area contributed by atoms with E-state index in [1.54, 1.807) is 30.3 Å². The number of rotatable bonds is 9. The number of amides is 2. The van der Waals surface area contributed by atoms with Crippen LogP contribution in [0.15, 0.2) is 71.7 Å². The van der Waals surface area contributed by atoms with Crippen LogP contribution in [-0.4, -0.2) is 105 Å². The number of hydrogen-bond donors (Lipinski definition) is 1. The molecule has 5 rings (SSSR count). The Bertz CT molecular complexity index is 1580. The molecule has 1 atom stereocenters. The number of anilines is 1. The molecular weight excluding hydrogens is 560 g/mol. The molecule has 0 saturated carbocycles. The number of carbonyl (C=O) groups excluding carboxylic acids is 3. The first-order valence-electron chi connectivity index (χ1n) is 13.7. The molecule has 3 aliphatic heterocycles. The van der Waals surface area contributed by atoms with Gasteiger partial charge in [-0.3, -0.25) is 19.3 Å². The molecule has 222 valence electrons. The smallest absolute Gasteiger partial charge is 0.296 e. The fourth-order valence-corrected chi connectivity index (χ4v) is 6.86. The minimum Gasteiger partial charge on any atom is -0.507 e. The first-order valence-corrected chi connectivity index (χ1v) is 15.2. The normalized spacial score (nSPS) is 22.4. The number of morpholine rings is 1. The van der Waals surface area contributed by atoms with Crippen molar-refractivity contribution >= 4 is 39.1 Å². The lowest BCUT2D eigenvalue weighted by atomic mass is 9.82. The fraction of sp³-hybridized carbons (Fsp3) is 0.367. The summed E-state index contributed by atoms with van der Waals surface area (Å²) in [5.41, 5.74) is -1.43. The Morgan fingerprint density at radius 2 is 1.79 bits per heavy atom. The van der Waals surface area contributed by atoms with E-state index in [4.69, 9.17) is 4.74 Å². The summed E-state index contributed by atoms with van der Waals surface area (Å²) in [7, 11) is -1.12. The number of sulfonamides is 1. The van der Waals surface area contributed by atoms with Crippen molar-refractivity contribution in [2.75, 3.05) is 64.9 Å². The van der Waals surface area contributed by atoms with Gasteiger partial charge in [-0.05, 0) is 24.6 Å². The van der Waals surface area contributed by atoms with Crippen LogP contribution >= 0.6 is 0 Å². The molecule has 3 heterocycles. The first kappa shape index (κ1) is 29.6. The molecule has 0 unspecified atom stereocenters. The largest absolute Gasteiger partial charge is 0.507 e. The van der Waals surface area contributed by atoms with E-state index in [2.05, 4.69) is 11.5 Å². The highest BCUT2D eigenvalue weighted by Crippen LogP contribution is 2.53. The van der Waals surface area contributed by atoms with Gasteiger partial charge in [0.1, 0.15) is 5.76 Å². The first-order chi connectivity index (χ1) is 20.1. The summed E-state index contributed by atoms with van der Waals surface area (Å²) in [6.45, 7) is 7.28. The van der Waals surface area contributed by atoms with E-state index in [1.165, 1.54) is 48.2 Å². The number of aliphatic hydroxyl groups excluding tert-OH is 1. The summed E-state index contributed by atoms with van der Waals surface area (Å²) >= 11 is 0. The highest BCUT2D eigenvalue weighted by Gasteiger charge is 2.66. The molecule has 3 aliphatic rings. The van der Waals surface area contributed by atoms with Crippen LogP contribution in [0.2, 0.25) is 0 Å². The molecule has 12 heteroatoms. The SMILES string of the molecule is C=CCN1C(=O)[C@@]2(C(=C(O)c3cccc(S(=O)(=O)N(C)C)c3)C(=O)C(=O)N2CCCN2CCOCC2)c2ccccc21. The highest BCUT2D eigenvalue weighted by molar-refractivity contribution is 7.89. The van der Waals surface area contributed by atoms with Gasteiger partial charge in [-0.2, -0.15) is 0 Å². The summed E-state index contributed by atoms with van der Waals surface area (Å²) in [4.78, 5) is 46.8. The molecule has 42 heavy (non-hydrogen) atoms. The summed E-state index contributed by atoms with van der Waals surface area (Å²) in [6, 6.07) is 12.3. The van der Waals surface area contributed by atoms with Crippen LogP contribution in [-0.2, 0) is 34.7 Å². The van der Waals surface area contributed by atoms with Gasteiger partial charge >= 0.3 is 0 Å². The number of likely N-dealkylation sites (tertiary alicyclic amines) is 1. The van der Waals surface area contributed by atoms with Gasteiger partial charge in [-0.15, -0.1) is 6.58 Å². The Labute approximate surface area is 245 Å². The van der Waals surface area contributed by atoms with Crippen molar-refractivity contribution in [3.8, 4) is 0 Å². The van der Waals surface area contributed by atoms with E-state index < -0.39 is 38.9 Å². The molecule has 0 aromatic heterocycles. The van der Waals surface area contributed by atoms with Gasteiger partial charge in [-0.25, -0.2) is 12.7 Å². The lowest BCUT2D eigenvalue weighted by Gasteiger charge is -2.35. The van der Waals surface area contributed by atoms with Crippen molar-refractivity contribution in [1.29, 1.82) is 0 Å². The van der Waals surface area contributed by atoms with Gasteiger partial charge in [0.25, 0.3) is 17.6 Å². The third-order valence-electron chi connectivity index (χ3n) is 7.97. The number of aliphatic hydroxyl groups is 1. The average Bonchev–Trinajstić information content (AvgIpc) is 3.36. The Hall–Kier alpha value is -3.84. The fourth-order valence-electron chi connectivity index (χ4n) is 5.91. The van der Waals surface area contributed by atoms with Crippen molar-refractivity contribution in [3.63, 3.8) is 0 Å². The van der Waals surface area contributed by atoms with Gasteiger partial charge in [0.15, 0.2) is 5.54 Å². The number of fused-ring (bicyclic) bond motifs is 2. The minimum atomic E-state index is -3.88. The van der Waals surface area contributed by atoms with Crippen LogP contribution in [0.5, 0.6) is 0 Å². The van der Waals surface area contributed by atoms with E-state index in [0.717, 1.165) is 17.4 Å². The average molecular weight is 595 g/mol. The standard InChI is InChI=1S/C30H34N4O7S/c1-4-13-33-24-12-6-5-11-23(24)30(29(33)38)25(26(35)21-9-7-10-22(20-21)42(39,40)31(2)3)27(36)28(37)34(30)15-8-14-32-16-18-41-19-17-32/h4-7,9-12,20,35H,1,8,13-19H2,2-3H3/t30-/m0/s1. The van der Waals surface area contributed by atoms with E-state index in [1.807, 2.05) is 0 Å². The number of ketones is 1. The maximum Gasteiger partial charge on any atom is 0.296 e. The van der Waals surface area contributed by atoms with Crippen LogP contribution < -0.4 is 4.90 Å². The number of benzene rings is 2. The van der Waals surface area contributed by atoms with E-state index >= 15 is 0 Å². The Morgan fingerprint density at radius 1 is 1.07 bits per heavy atom. The summed E-state index contributed by atoms with van der Waals surface area (Å²) < 4.78 is 32.1. The van der Waals surface area contributed by atoms with Crippen LogP contribution in [0, 0.1) is 0 Å². The summed E-state index contributed by atoms with van der Waals surface area (Å²) in [5, 5.41) is 11.7. The van der Waals surface area contributed by atoms with E-state index in [0.29, 0.717) is 37.4 Å². The van der Waals surface area contributed by atoms with Crippen molar-refractivity contribution < 1.29 is 32.6 Å². The Kier molecular flexibility index (Phi) is 8.08. The van der Waals surface area contributed by atoms with Crippen LogP contribution in [0.25, 0.3) is 5.76 Å². The van der Waals surface area contributed by atoms with Crippen LogP contribution in [0.1, 0.15) is 17.5 Å². The number of nitrogens with zero attached hydrogens (tertiary/aromatic N) is 4. The molecule has 2 amide bonds. The maximum atomic E-state index is 14.5. The van der Waals surface area contributed by atoms with Gasteiger partial charge in [0.05, 0.1) is 29.4 Å². The lowest BCUT2D eigenvalue weighted by molar-refractivity contribution is -0.143. The van der Waals surface area contributed by atoms with Gasteiger partial charge < -0.3 is 19.6 Å². The predicted octanol–water partition coefficient (Wildman–Crippen LogP) is 1.77. The molecule has 1 N–H and O–H groups in total. The second-order valence-electron chi connectivity index (χ2n) is 10.6. The van der Waals surface area contributed by atoms with Gasteiger partial charge in [0.2, 0.25) is 10.0 Å². The van der Waals surface area contributed by atoms with Crippen molar-refractivity contribution in [2.24, 2.45) is 0 Å². The topological polar surface area (TPSA) is 128 Å². The Morgan fingerprint density at radius 3 is 2.48 bits per heavy atom. The zero-order chi connectivity index (χ0) is 30.2. The van der Waals surface area contributed by atoms with E-state index in [9.17, 15) is 27.9 Å². The van der Waals surface area contributed by atoms with Gasteiger partial charge in [0, 0.05) is 57.9 Å². The molecule has 0 radical (unpaired) electrons. The molecule has 2 fully saturated rings. The highest BCUT2D eigenvalue weighted by atomic mass is 32.2. The van der Waals surface area contributed by atoms with Crippen LogP contribution in [0.3, 0.4) is 0 Å². The summed E-state index contributed by atoms with van der Waals surface area (Å²) in [6.07, 6.45) is 2.02. The molecule has 2 saturated heterocycles. The monoisotopic (exact) mass is 594 g/mol. The predicted molar refractivity (Wildman–Crippen MR) is 156 cm³/mol. The number of carbonyl (C=O) groups is 3. The number of para-hydroxylation sites is 1. The molecule has 0 aliphatic carbocycles. The third kappa shape index (κ3) is 4.64. The molecule has 2 aromatic carbocycles. The summed E-state index contributed by atoms with van der Waals surface area (Å²) in [5.74, 6) is -3.10. The molecule has 11 nitrogen and oxygen atoms in total. The van der Waals surface area contributed by atoms with E-state index in [-0.39, 0.29) is 29.1 Å². The van der Waals surface area contributed by atoms with Crippen molar-refractivity contribution in [2.45, 2.75) is 16.9 Å². The van der Waals surface area contributed by atoms with Crippen molar-refractivity contribution in [1.82, 2.24) is 14.1 Å². The van der Waals surface area contributed by atoms with Crippen molar-refractivity contribution in [3.05, 3.63) is 77.9 Å². The molecule has 0 bridgehead atoms. The van der Waals surface area contributed by atoms with Crippen LogP contribution in [0.4, 0.5) is 5.69 Å². The zero-order valence-corrected chi connectivity index (χ0v) is 24.5. The molecule has 1 spiro atoms. The minimum absolute atomic E-state index is 0.00364. The molecular formula is C30H34N4O7S. The Balaban J connectivity index is 1.68. The zero-order valence-electron chi connectivity index (χ0n) is 23.7. The third-order valence-corrected chi connectivity index (χ3v) is 9.78.